The Morgan fingerprint density at radius 2 is 1.91 bits per heavy atom. The smallest absolute Gasteiger partial charge is 0.146 e. The first kappa shape index (κ1) is 17.8. The Morgan fingerprint density at radius 1 is 1.22 bits per heavy atom. The van der Waals surface area contributed by atoms with Crippen molar-refractivity contribution in [2.75, 3.05) is 13.7 Å². The number of aliphatic hydroxyl groups is 1. The molecule has 0 aliphatic carbocycles. The number of pyridine rings is 1. The summed E-state index contributed by atoms with van der Waals surface area (Å²) in [6, 6.07) is 10.6. The molecular weight excluding hydrogens is 363 g/mol. The molecule has 2 aromatic rings. The third-order valence-corrected chi connectivity index (χ3v) is 3.79. The van der Waals surface area contributed by atoms with Gasteiger partial charge in [0.05, 0.1) is 18.9 Å². The number of aromatic nitrogens is 1. The minimum atomic E-state index is -0.511. The van der Waals surface area contributed by atoms with Crippen LogP contribution in [-0.2, 0) is 13.1 Å². The second-order valence-electron chi connectivity index (χ2n) is 5.43. The van der Waals surface area contributed by atoms with Crippen LogP contribution in [0.3, 0.4) is 0 Å². The van der Waals surface area contributed by atoms with Crippen molar-refractivity contribution in [1.29, 1.82) is 0 Å². The van der Waals surface area contributed by atoms with Crippen LogP contribution in [0.2, 0.25) is 0 Å². The molecule has 1 atom stereocenters. The number of benzene rings is 1. The lowest BCUT2D eigenvalue weighted by atomic mass is 10.2. The standard InChI is InChI=1S/C17H20BrFN2O2/c1-12(22)9-21(10-13-3-5-14(23-2)6-4-13)11-16-15(19)7-8-17(18)20-16/h3-8,12,22H,9-11H2,1-2H3/t12-/m1/s1. The monoisotopic (exact) mass is 382 g/mol. The minimum Gasteiger partial charge on any atom is -0.497 e. The molecule has 0 aliphatic rings. The van der Waals surface area contributed by atoms with Gasteiger partial charge < -0.3 is 9.84 Å². The molecule has 0 radical (unpaired) electrons. The molecule has 1 heterocycles. The van der Waals surface area contributed by atoms with E-state index in [4.69, 9.17) is 4.74 Å². The Labute approximate surface area is 144 Å². The third-order valence-electron chi connectivity index (χ3n) is 3.35. The van der Waals surface area contributed by atoms with Crippen LogP contribution in [0.4, 0.5) is 4.39 Å². The predicted octanol–water partition coefficient (Wildman–Crippen LogP) is 3.37. The fourth-order valence-corrected chi connectivity index (χ4v) is 2.67. The Hall–Kier alpha value is -1.50. The Bertz CT molecular complexity index is 635. The molecule has 124 valence electrons. The lowest BCUT2D eigenvalue weighted by Gasteiger charge is -2.24. The van der Waals surface area contributed by atoms with Crippen molar-refractivity contribution in [3.63, 3.8) is 0 Å². The highest BCUT2D eigenvalue weighted by atomic mass is 79.9. The van der Waals surface area contributed by atoms with Gasteiger partial charge in [-0.2, -0.15) is 0 Å². The van der Waals surface area contributed by atoms with E-state index in [0.717, 1.165) is 11.3 Å². The van der Waals surface area contributed by atoms with Crippen LogP contribution < -0.4 is 4.74 Å². The molecule has 0 aliphatic heterocycles. The lowest BCUT2D eigenvalue weighted by Crippen LogP contribution is -2.31. The average Bonchev–Trinajstić information content (AvgIpc) is 2.51. The molecule has 0 saturated heterocycles. The maximum Gasteiger partial charge on any atom is 0.146 e. The van der Waals surface area contributed by atoms with Gasteiger partial charge in [-0.25, -0.2) is 9.37 Å². The topological polar surface area (TPSA) is 45.6 Å². The van der Waals surface area contributed by atoms with E-state index in [-0.39, 0.29) is 5.82 Å². The highest BCUT2D eigenvalue weighted by Crippen LogP contribution is 2.17. The molecule has 0 unspecified atom stereocenters. The van der Waals surface area contributed by atoms with Crippen molar-refractivity contribution < 1.29 is 14.2 Å². The fraction of sp³-hybridized carbons (Fsp3) is 0.353. The fourth-order valence-electron chi connectivity index (χ4n) is 2.33. The van der Waals surface area contributed by atoms with Gasteiger partial charge in [0.2, 0.25) is 0 Å². The highest BCUT2D eigenvalue weighted by molar-refractivity contribution is 9.10. The number of halogens is 2. The third kappa shape index (κ3) is 5.57. The summed E-state index contributed by atoms with van der Waals surface area (Å²) >= 11 is 3.26. The molecule has 0 fully saturated rings. The summed E-state index contributed by atoms with van der Waals surface area (Å²) in [4.78, 5) is 6.15. The summed E-state index contributed by atoms with van der Waals surface area (Å²) in [5.41, 5.74) is 1.41. The van der Waals surface area contributed by atoms with Gasteiger partial charge in [-0.1, -0.05) is 12.1 Å². The molecule has 0 saturated carbocycles. The van der Waals surface area contributed by atoms with Crippen LogP contribution in [0.5, 0.6) is 5.75 Å². The molecular formula is C17H20BrFN2O2. The number of rotatable bonds is 7. The van der Waals surface area contributed by atoms with E-state index in [1.807, 2.05) is 29.2 Å². The molecule has 0 amide bonds. The second kappa shape index (κ2) is 8.38. The molecule has 0 bridgehead atoms. The van der Waals surface area contributed by atoms with Gasteiger partial charge in [0, 0.05) is 19.6 Å². The number of methoxy groups -OCH3 is 1. The van der Waals surface area contributed by atoms with Crippen molar-refractivity contribution in [2.45, 2.75) is 26.1 Å². The summed E-state index contributed by atoms with van der Waals surface area (Å²) in [6.45, 7) is 3.05. The number of hydrogen-bond donors (Lipinski definition) is 1. The van der Waals surface area contributed by atoms with Crippen LogP contribution in [0.25, 0.3) is 0 Å². The second-order valence-corrected chi connectivity index (χ2v) is 6.24. The molecule has 1 N–H and O–H groups in total. The van der Waals surface area contributed by atoms with Crippen LogP contribution in [0, 0.1) is 5.82 Å². The molecule has 1 aromatic heterocycles. The Kier molecular flexibility index (Phi) is 6.50. The largest absolute Gasteiger partial charge is 0.497 e. The van der Waals surface area contributed by atoms with Gasteiger partial charge in [0.1, 0.15) is 16.2 Å². The van der Waals surface area contributed by atoms with E-state index < -0.39 is 6.10 Å². The summed E-state index contributed by atoms with van der Waals surface area (Å²) in [7, 11) is 1.62. The molecule has 4 nitrogen and oxygen atoms in total. The zero-order valence-electron chi connectivity index (χ0n) is 13.2. The summed E-state index contributed by atoms with van der Waals surface area (Å²) in [6.07, 6.45) is -0.511. The van der Waals surface area contributed by atoms with Crippen molar-refractivity contribution in [3.05, 3.63) is 58.1 Å². The first-order valence-corrected chi connectivity index (χ1v) is 8.11. The number of aliphatic hydroxyl groups excluding tert-OH is 1. The van der Waals surface area contributed by atoms with Crippen molar-refractivity contribution >= 4 is 15.9 Å². The van der Waals surface area contributed by atoms with Crippen molar-refractivity contribution in [1.82, 2.24) is 9.88 Å². The number of nitrogens with zero attached hydrogens (tertiary/aromatic N) is 2. The number of ether oxygens (including phenoxy) is 1. The van der Waals surface area contributed by atoms with Gasteiger partial charge in [-0.3, -0.25) is 4.90 Å². The van der Waals surface area contributed by atoms with Crippen LogP contribution in [0.15, 0.2) is 41.0 Å². The summed E-state index contributed by atoms with van der Waals surface area (Å²) < 4.78 is 19.7. The maximum absolute atomic E-state index is 13.9. The van der Waals surface area contributed by atoms with Crippen LogP contribution in [-0.4, -0.2) is 34.7 Å². The van der Waals surface area contributed by atoms with Gasteiger partial charge >= 0.3 is 0 Å². The highest BCUT2D eigenvalue weighted by Gasteiger charge is 2.14. The normalized spacial score (nSPS) is 12.4. The van der Waals surface area contributed by atoms with Crippen molar-refractivity contribution in [3.8, 4) is 5.75 Å². The molecule has 23 heavy (non-hydrogen) atoms. The SMILES string of the molecule is COc1ccc(CN(Cc2nc(Br)ccc2F)C[C@@H](C)O)cc1. The van der Waals surface area contributed by atoms with E-state index in [9.17, 15) is 9.50 Å². The van der Waals surface area contributed by atoms with Crippen LogP contribution >= 0.6 is 15.9 Å². The molecule has 2 rings (SSSR count). The average molecular weight is 383 g/mol. The van der Waals surface area contributed by atoms with E-state index >= 15 is 0 Å². The zero-order chi connectivity index (χ0) is 16.8. The molecule has 1 aromatic carbocycles. The van der Waals surface area contributed by atoms with Gasteiger partial charge in [0.15, 0.2) is 0 Å². The van der Waals surface area contributed by atoms with Gasteiger partial charge in [-0.15, -0.1) is 0 Å². The Balaban J connectivity index is 2.13. The zero-order valence-corrected chi connectivity index (χ0v) is 14.8. The van der Waals surface area contributed by atoms with E-state index in [2.05, 4.69) is 20.9 Å². The van der Waals surface area contributed by atoms with Crippen molar-refractivity contribution in [2.24, 2.45) is 0 Å². The first-order chi connectivity index (χ1) is 11.0. The van der Waals surface area contributed by atoms with E-state index in [0.29, 0.717) is 29.9 Å². The molecule has 6 heteroatoms. The van der Waals surface area contributed by atoms with Gasteiger partial charge in [-0.05, 0) is 52.7 Å². The van der Waals surface area contributed by atoms with E-state index in [1.54, 1.807) is 20.1 Å². The maximum atomic E-state index is 13.9. The minimum absolute atomic E-state index is 0.322. The summed E-state index contributed by atoms with van der Waals surface area (Å²) in [5.74, 6) is 0.439. The Morgan fingerprint density at radius 3 is 2.52 bits per heavy atom. The quantitative estimate of drug-likeness (QED) is 0.745. The van der Waals surface area contributed by atoms with Crippen LogP contribution in [0.1, 0.15) is 18.2 Å². The first-order valence-electron chi connectivity index (χ1n) is 7.32. The predicted molar refractivity (Wildman–Crippen MR) is 90.7 cm³/mol. The molecule has 0 spiro atoms. The number of hydrogen-bond acceptors (Lipinski definition) is 4. The van der Waals surface area contributed by atoms with Gasteiger partial charge in [0.25, 0.3) is 0 Å². The summed E-state index contributed by atoms with van der Waals surface area (Å²) in [5, 5.41) is 9.70. The lowest BCUT2D eigenvalue weighted by molar-refractivity contribution is 0.116. The van der Waals surface area contributed by atoms with E-state index in [1.165, 1.54) is 6.07 Å².